The van der Waals surface area contributed by atoms with Crippen molar-refractivity contribution in [3.63, 3.8) is 0 Å². The third-order valence-corrected chi connectivity index (χ3v) is 6.56. The Labute approximate surface area is 122 Å². The van der Waals surface area contributed by atoms with Crippen LogP contribution < -0.4 is 5.32 Å². The Balaban J connectivity index is 2.00. The SMILES string of the molecule is CCN(CC1CCCCN1)C(=O)C1CCCCS1(=O)=O. The standard InChI is InChI=1S/C14H26N2O3S/c1-2-16(11-12-7-3-5-9-15-12)14(17)13-8-4-6-10-20(13,18)19/h12-13,15H,2-11H2,1H3. The summed E-state index contributed by atoms with van der Waals surface area (Å²) in [5, 5.41) is 2.63. The summed E-state index contributed by atoms with van der Waals surface area (Å²) in [7, 11) is -3.23. The molecule has 2 fully saturated rings. The highest BCUT2D eigenvalue weighted by Crippen LogP contribution is 2.22. The van der Waals surface area contributed by atoms with Gasteiger partial charge in [-0.2, -0.15) is 0 Å². The van der Waals surface area contributed by atoms with E-state index in [1.54, 1.807) is 4.90 Å². The first-order chi connectivity index (χ1) is 9.54. The molecule has 2 saturated heterocycles. The van der Waals surface area contributed by atoms with Crippen LogP contribution in [0.15, 0.2) is 0 Å². The molecule has 20 heavy (non-hydrogen) atoms. The highest BCUT2D eigenvalue weighted by Gasteiger charge is 2.37. The molecule has 1 amide bonds. The molecule has 5 nitrogen and oxygen atoms in total. The second-order valence-corrected chi connectivity index (χ2v) is 8.18. The van der Waals surface area contributed by atoms with E-state index in [0.717, 1.165) is 19.4 Å². The molecular weight excluding hydrogens is 276 g/mol. The quantitative estimate of drug-likeness (QED) is 0.839. The van der Waals surface area contributed by atoms with Crippen LogP contribution in [0.4, 0.5) is 0 Å². The lowest BCUT2D eigenvalue weighted by molar-refractivity contribution is -0.131. The Bertz CT molecular complexity index is 430. The number of carbonyl (C=O) groups excluding carboxylic acids is 1. The monoisotopic (exact) mass is 302 g/mol. The third-order valence-electron chi connectivity index (χ3n) is 4.40. The molecule has 0 saturated carbocycles. The van der Waals surface area contributed by atoms with Crippen molar-refractivity contribution in [2.45, 2.75) is 56.7 Å². The van der Waals surface area contributed by atoms with Gasteiger partial charge in [0.1, 0.15) is 5.25 Å². The Morgan fingerprint density at radius 1 is 1.20 bits per heavy atom. The van der Waals surface area contributed by atoms with Gasteiger partial charge in [-0.1, -0.05) is 12.8 Å². The maximum Gasteiger partial charge on any atom is 0.240 e. The fourth-order valence-corrected chi connectivity index (χ4v) is 5.03. The van der Waals surface area contributed by atoms with Gasteiger partial charge in [0, 0.05) is 19.1 Å². The Morgan fingerprint density at radius 2 is 1.95 bits per heavy atom. The van der Waals surface area contributed by atoms with Crippen LogP contribution in [0.1, 0.15) is 45.4 Å². The van der Waals surface area contributed by atoms with Crippen molar-refractivity contribution in [2.75, 3.05) is 25.4 Å². The summed E-state index contributed by atoms with van der Waals surface area (Å²) >= 11 is 0. The molecule has 116 valence electrons. The molecule has 2 heterocycles. The highest BCUT2D eigenvalue weighted by atomic mass is 32.2. The minimum Gasteiger partial charge on any atom is -0.340 e. The van der Waals surface area contributed by atoms with E-state index in [4.69, 9.17) is 0 Å². The van der Waals surface area contributed by atoms with E-state index in [-0.39, 0.29) is 11.7 Å². The zero-order valence-electron chi connectivity index (χ0n) is 12.3. The summed E-state index contributed by atoms with van der Waals surface area (Å²) in [5.74, 6) is -0.0117. The lowest BCUT2D eigenvalue weighted by atomic mass is 10.0. The molecule has 0 spiro atoms. The molecule has 0 bridgehead atoms. The average molecular weight is 302 g/mol. The van der Waals surface area contributed by atoms with E-state index < -0.39 is 15.1 Å². The van der Waals surface area contributed by atoms with Crippen LogP contribution in [-0.4, -0.2) is 55.9 Å². The first-order valence-electron chi connectivity index (χ1n) is 7.78. The largest absolute Gasteiger partial charge is 0.340 e. The van der Waals surface area contributed by atoms with E-state index in [2.05, 4.69) is 5.32 Å². The van der Waals surface area contributed by atoms with Gasteiger partial charge in [0.2, 0.25) is 5.91 Å². The minimum absolute atomic E-state index is 0.169. The zero-order chi connectivity index (χ0) is 14.6. The van der Waals surface area contributed by atoms with Crippen molar-refractivity contribution in [3.8, 4) is 0 Å². The van der Waals surface area contributed by atoms with Crippen molar-refractivity contribution in [2.24, 2.45) is 0 Å². The number of carbonyl (C=O) groups is 1. The number of amides is 1. The number of nitrogens with zero attached hydrogens (tertiary/aromatic N) is 1. The molecule has 2 unspecified atom stereocenters. The van der Waals surface area contributed by atoms with Gasteiger partial charge in [0.05, 0.1) is 5.75 Å². The van der Waals surface area contributed by atoms with Gasteiger partial charge in [0.25, 0.3) is 0 Å². The molecule has 2 aliphatic rings. The predicted octanol–water partition coefficient (Wildman–Crippen LogP) is 0.944. The van der Waals surface area contributed by atoms with Crippen LogP contribution in [0.2, 0.25) is 0 Å². The number of rotatable bonds is 4. The Hall–Kier alpha value is -0.620. The fourth-order valence-electron chi connectivity index (χ4n) is 3.16. The van der Waals surface area contributed by atoms with Crippen LogP contribution in [0, 0.1) is 0 Å². The highest BCUT2D eigenvalue weighted by molar-refractivity contribution is 7.92. The van der Waals surface area contributed by atoms with E-state index in [1.165, 1.54) is 12.8 Å². The first kappa shape index (κ1) is 15.8. The van der Waals surface area contributed by atoms with Crippen molar-refractivity contribution >= 4 is 15.7 Å². The van der Waals surface area contributed by atoms with Crippen molar-refractivity contribution in [1.29, 1.82) is 0 Å². The van der Waals surface area contributed by atoms with E-state index in [1.807, 2.05) is 6.92 Å². The Kier molecular flexibility index (Phi) is 5.43. The molecule has 0 radical (unpaired) electrons. The Morgan fingerprint density at radius 3 is 2.55 bits per heavy atom. The van der Waals surface area contributed by atoms with Gasteiger partial charge >= 0.3 is 0 Å². The van der Waals surface area contributed by atoms with E-state index in [9.17, 15) is 13.2 Å². The van der Waals surface area contributed by atoms with Crippen molar-refractivity contribution in [3.05, 3.63) is 0 Å². The van der Waals surface area contributed by atoms with E-state index >= 15 is 0 Å². The van der Waals surface area contributed by atoms with Crippen LogP contribution in [0.25, 0.3) is 0 Å². The van der Waals surface area contributed by atoms with Gasteiger partial charge in [0.15, 0.2) is 9.84 Å². The molecule has 0 aromatic carbocycles. The van der Waals surface area contributed by atoms with Crippen LogP contribution in [-0.2, 0) is 14.6 Å². The van der Waals surface area contributed by atoms with E-state index in [0.29, 0.717) is 32.0 Å². The summed E-state index contributed by atoms with van der Waals surface area (Å²) in [4.78, 5) is 14.3. The number of sulfone groups is 1. The van der Waals surface area contributed by atoms with Gasteiger partial charge in [-0.15, -0.1) is 0 Å². The first-order valence-corrected chi connectivity index (χ1v) is 9.50. The topological polar surface area (TPSA) is 66.5 Å². The number of piperidine rings is 1. The predicted molar refractivity (Wildman–Crippen MR) is 79.3 cm³/mol. The number of hydrogen-bond acceptors (Lipinski definition) is 4. The molecule has 0 aromatic heterocycles. The van der Waals surface area contributed by atoms with Crippen molar-refractivity contribution in [1.82, 2.24) is 10.2 Å². The molecule has 6 heteroatoms. The van der Waals surface area contributed by atoms with Crippen LogP contribution in [0.5, 0.6) is 0 Å². The van der Waals surface area contributed by atoms with Crippen molar-refractivity contribution < 1.29 is 13.2 Å². The average Bonchev–Trinajstić information content (AvgIpc) is 2.45. The summed E-state index contributed by atoms with van der Waals surface area (Å²) < 4.78 is 24.1. The number of nitrogens with one attached hydrogen (secondary N) is 1. The normalized spacial score (nSPS) is 29.9. The maximum absolute atomic E-state index is 12.5. The summed E-state index contributed by atoms with van der Waals surface area (Å²) in [6.45, 7) is 4.15. The molecule has 2 rings (SSSR count). The molecule has 0 aromatic rings. The maximum atomic E-state index is 12.5. The summed E-state index contributed by atoms with van der Waals surface area (Å²) in [6.07, 6.45) is 5.48. The van der Waals surface area contributed by atoms with Crippen LogP contribution >= 0.6 is 0 Å². The summed E-state index contributed by atoms with van der Waals surface area (Å²) in [6, 6.07) is 0.318. The number of hydrogen-bond donors (Lipinski definition) is 1. The van der Waals surface area contributed by atoms with Gasteiger partial charge in [-0.05, 0) is 39.2 Å². The molecular formula is C14H26N2O3S. The smallest absolute Gasteiger partial charge is 0.240 e. The molecule has 2 aliphatic heterocycles. The van der Waals surface area contributed by atoms with Gasteiger partial charge in [-0.25, -0.2) is 8.42 Å². The zero-order valence-corrected chi connectivity index (χ0v) is 13.1. The second kappa shape index (κ2) is 6.89. The van der Waals surface area contributed by atoms with Crippen LogP contribution in [0.3, 0.4) is 0 Å². The molecule has 0 aliphatic carbocycles. The fraction of sp³-hybridized carbons (Fsp3) is 0.929. The number of likely N-dealkylation sites (N-methyl/N-ethyl adjacent to an activating group) is 1. The minimum atomic E-state index is -3.23. The lowest BCUT2D eigenvalue weighted by Gasteiger charge is -2.33. The molecule has 2 atom stereocenters. The lowest BCUT2D eigenvalue weighted by Crippen LogP contribution is -2.50. The second-order valence-electron chi connectivity index (χ2n) is 5.88. The third kappa shape index (κ3) is 3.73. The van der Waals surface area contributed by atoms with Gasteiger partial charge < -0.3 is 10.2 Å². The van der Waals surface area contributed by atoms with Gasteiger partial charge in [-0.3, -0.25) is 4.79 Å². The summed E-state index contributed by atoms with van der Waals surface area (Å²) in [5.41, 5.74) is 0. The molecule has 1 N–H and O–H groups in total.